The molecule has 47 heavy (non-hydrogen) atoms. The summed E-state index contributed by atoms with van der Waals surface area (Å²) in [6, 6.07) is 21.4. The van der Waals surface area contributed by atoms with E-state index >= 15 is 0 Å². The minimum atomic E-state index is -0.601. The van der Waals surface area contributed by atoms with Gasteiger partial charge in [0.25, 0.3) is 5.91 Å². The Morgan fingerprint density at radius 3 is 2.32 bits per heavy atom. The highest BCUT2D eigenvalue weighted by atomic mass is 35.5. The van der Waals surface area contributed by atoms with Crippen LogP contribution in [0.3, 0.4) is 0 Å². The van der Waals surface area contributed by atoms with Gasteiger partial charge >= 0.3 is 5.97 Å². The van der Waals surface area contributed by atoms with Gasteiger partial charge in [-0.2, -0.15) is 4.89 Å². The molecule has 0 spiro atoms. The number of benzene rings is 3. The average molecular weight is 656 g/mol. The van der Waals surface area contributed by atoms with E-state index < -0.39 is 11.6 Å². The Labute approximate surface area is 281 Å². The number of hydrogen-bond acceptors (Lipinski definition) is 6. The van der Waals surface area contributed by atoms with E-state index in [2.05, 4.69) is 9.88 Å². The monoisotopic (exact) mass is 655 g/mol. The Bertz CT molecular complexity index is 1730. The lowest BCUT2D eigenvalue weighted by Crippen LogP contribution is -2.22. The second-order valence-corrected chi connectivity index (χ2v) is 13.3. The lowest BCUT2D eigenvalue weighted by Gasteiger charge is -2.24. The van der Waals surface area contributed by atoms with Gasteiger partial charge in [0, 0.05) is 41.0 Å². The molecule has 246 valence electrons. The van der Waals surface area contributed by atoms with Crippen molar-refractivity contribution < 1.29 is 24.1 Å². The molecule has 1 aliphatic rings. The lowest BCUT2D eigenvalue weighted by molar-refractivity contribution is -0.317. The maximum absolute atomic E-state index is 12.6. The maximum atomic E-state index is 12.6. The number of carbonyl (C=O) groups is 2. The third-order valence-electron chi connectivity index (χ3n) is 8.03. The standard InChI is InChI=1S/C38H42ClN3O5/c1-25(37(44)46-47-38(2,3)4)21-31-23-42(32-9-7-6-8-10-32)35(41-31)27-13-18-33(19-14-27)45-24-29-22-28(36(43)40-5)15-20-34(29)26-11-16-30(39)17-12-26/h11-23,32H,6-10,24H2,1-5H3,(H,40,43)/b25-21+. The van der Waals surface area contributed by atoms with E-state index in [-0.39, 0.29) is 12.5 Å². The number of carbonyl (C=O) groups excluding carboxylic acids is 2. The number of halogens is 1. The lowest BCUT2D eigenvalue weighted by atomic mass is 9.95. The van der Waals surface area contributed by atoms with Crippen LogP contribution in [0, 0.1) is 0 Å². The Hall–Kier alpha value is -4.40. The first-order valence-corrected chi connectivity index (χ1v) is 16.4. The van der Waals surface area contributed by atoms with Gasteiger partial charge in [0.15, 0.2) is 0 Å². The molecule has 1 aromatic heterocycles. The van der Waals surface area contributed by atoms with E-state index in [9.17, 15) is 9.59 Å². The summed E-state index contributed by atoms with van der Waals surface area (Å²) in [6.45, 7) is 7.41. The Morgan fingerprint density at radius 2 is 1.66 bits per heavy atom. The number of imidazole rings is 1. The molecule has 9 heteroatoms. The summed E-state index contributed by atoms with van der Waals surface area (Å²) in [5.41, 5.74) is 4.81. The molecule has 1 amide bonds. The molecule has 5 rings (SSSR count). The van der Waals surface area contributed by atoms with Crippen molar-refractivity contribution in [1.82, 2.24) is 14.9 Å². The summed E-state index contributed by atoms with van der Waals surface area (Å²) in [7, 11) is 1.62. The molecule has 0 atom stereocenters. The van der Waals surface area contributed by atoms with E-state index in [1.165, 1.54) is 19.3 Å². The number of amides is 1. The second-order valence-electron chi connectivity index (χ2n) is 12.9. The number of ether oxygens (including phenoxy) is 1. The predicted octanol–water partition coefficient (Wildman–Crippen LogP) is 8.99. The van der Waals surface area contributed by atoms with Crippen LogP contribution in [-0.2, 0) is 21.2 Å². The second kappa shape index (κ2) is 15.0. The number of aromatic nitrogens is 2. The van der Waals surface area contributed by atoms with Gasteiger partial charge in [-0.15, -0.1) is 0 Å². The first kappa shape index (κ1) is 33.9. The van der Waals surface area contributed by atoms with Crippen LogP contribution < -0.4 is 10.1 Å². The van der Waals surface area contributed by atoms with Crippen LogP contribution >= 0.6 is 11.6 Å². The summed E-state index contributed by atoms with van der Waals surface area (Å²) < 4.78 is 8.50. The minimum absolute atomic E-state index is 0.161. The number of nitrogens with one attached hydrogen (secondary N) is 1. The van der Waals surface area contributed by atoms with Gasteiger partial charge in [0.2, 0.25) is 0 Å². The zero-order chi connectivity index (χ0) is 33.6. The van der Waals surface area contributed by atoms with Crippen molar-refractivity contribution in [2.75, 3.05) is 7.05 Å². The summed E-state index contributed by atoms with van der Waals surface area (Å²) in [5.74, 6) is 0.820. The summed E-state index contributed by atoms with van der Waals surface area (Å²) >= 11 is 6.13. The zero-order valence-electron chi connectivity index (χ0n) is 27.6. The van der Waals surface area contributed by atoms with Crippen LogP contribution in [-0.4, -0.2) is 34.1 Å². The van der Waals surface area contributed by atoms with Crippen molar-refractivity contribution in [2.24, 2.45) is 0 Å². The fraction of sp³-hybridized carbons (Fsp3) is 0.342. The Balaban J connectivity index is 1.38. The van der Waals surface area contributed by atoms with Crippen LogP contribution in [0.4, 0.5) is 0 Å². The van der Waals surface area contributed by atoms with Gasteiger partial charge in [-0.25, -0.2) is 9.78 Å². The third-order valence-corrected chi connectivity index (χ3v) is 8.28. The van der Waals surface area contributed by atoms with Gasteiger partial charge in [-0.3, -0.25) is 9.68 Å². The topological polar surface area (TPSA) is 91.7 Å². The molecule has 4 aromatic rings. The normalized spacial score (nSPS) is 14.1. The molecule has 3 aromatic carbocycles. The zero-order valence-corrected chi connectivity index (χ0v) is 28.4. The molecule has 8 nitrogen and oxygen atoms in total. The van der Waals surface area contributed by atoms with Crippen LogP contribution in [0.25, 0.3) is 28.6 Å². The van der Waals surface area contributed by atoms with Crippen molar-refractivity contribution >= 4 is 29.6 Å². The van der Waals surface area contributed by atoms with Crippen molar-refractivity contribution in [3.63, 3.8) is 0 Å². The first-order chi connectivity index (χ1) is 22.5. The van der Waals surface area contributed by atoms with Crippen molar-refractivity contribution in [3.8, 4) is 28.3 Å². The molecule has 0 unspecified atom stereocenters. The van der Waals surface area contributed by atoms with E-state index in [0.717, 1.165) is 40.9 Å². The van der Waals surface area contributed by atoms with E-state index in [1.54, 1.807) is 20.0 Å². The molecule has 0 saturated heterocycles. The fourth-order valence-corrected chi connectivity index (χ4v) is 5.74. The van der Waals surface area contributed by atoms with Crippen LogP contribution in [0.5, 0.6) is 5.75 Å². The third kappa shape index (κ3) is 8.90. The van der Waals surface area contributed by atoms with Gasteiger partial charge in [0.1, 0.15) is 23.8 Å². The Morgan fingerprint density at radius 1 is 0.979 bits per heavy atom. The number of hydrogen-bond donors (Lipinski definition) is 1. The van der Waals surface area contributed by atoms with Crippen molar-refractivity contribution in [1.29, 1.82) is 0 Å². The molecule has 1 fully saturated rings. The molecule has 0 aliphatic heterocycles. The molecule has 1 aliphatic carbocycles. The molecular formula is C38H42ClN3O5. The molecular weight excluding hydrogens is 614 g/mol. The molecule has 1 saturated carbocycles. The van der Waals surface area contributed by atoms with Crippen molar-refractivity contribution in [2.45, 2.75) is 78.0 Å². The van der Waals surface area contributed by atoms with E-state index in [4.69, 9.17) is 31.1 Å². The fourth-order valence-electron chi connectivity index (χ4n) is 5.61. The smallest absolute Gasteiger partial charge is 0.368 e. The maximum Gasteiger partial charge on any atom is 0.368 e. The number of nitrogens with zero attached hydrogens (tertiary/aromatic N) is 2. The SMILES string of the molecule is CNC(=O)c1ccc(-c2ccc(Cl)cc2)c(COc2ccc(-c3nc(/C=C(\C)C(=O)OOC(C)(C)C)cn3C3CCCCC3)cc2)c1. The largest absolute Gasteiger partial charge is 0.489 e. The van der Waals surface area contributed by atoms with Crippen LogP contribution in [0.2, 0.25) is 5.02 Å². The van der Waals surface area contributed by atoms with Crippen molar-refractivity contribution in [3.05, 3.63) is 100 Å². The molecule has 1 heterocycles. The summed E-state index contributed by atoms with van der Waals surface area (Å²) in [4.78, 5) is 40.1. The van der Waals surface area contributed by atoms with Gasteiger partial charge < -0.3 is 14.6 Å². The van der Waals surface area contributed by atoms with E-state index in [1.807, 2.05) is 93.7 Å². The molecule has 0 bridgehead atoms. The summed E-state index contributed by atoms with van der Waals surface area (Å²) in [6.07, 6.45) is 9.51. The van der Waals surface area contributed by atoms with Gasteiger partial charge in [0.05, 0.1) is 5.69 Å². The summed E-state index contributed by atoms with van der Waals surface area (Å²) in [5, 5.41) is 3.35. The number of rotatable bonds is 10. The van der Waals surface area contributed by atoms with Crippen LogP contribution in [0.1, 0.15) is 87.5 Å². The molecule has 0 radical (unpaired) electrons. The quantitative estimate of drug-likeness (QED) is 0.104. The van der Waals surface area contributed by atoms with Gasteiger partial charge in [-0.05, 0) is 112 Å². The highest BCUT2D eigenvalue weighted by Gasteiger charge is 2.22. The Kier molecular flexibility index (Phi) is 10.8. The average Bonchev–Trinajstić information content (AvgIpc) is 3.50. The van der Waals surface area contributed by atoms with Crippen LogP contribution in [0.15, 0.2) is 78.5 Å². The highest BCUT2D eigenvalue weighted by molar-refractivity contribution is 6.30. The minimum Gasteiger partial charge on any atom is -0.489 e. The predicted molar refractivity (Wildman–Crippen MR) is 185 cm³/mol. The highest BCUT2D eigenvalue weighted by Crippen LogP contribution is 2.34. The molecule has 1 N–H and O–H groups in total. The first-order valence-electron chi connectivity index (χ1n) is 16.0. The van der Waals surface area contributed by atoms with E-state index in [0.29, 0.717) is 33.6 Å². The van der Waals surface area contributed by atoms with Gasteiger partial charge in [-0.1, -0.05) is 49.1 Å².